The number of carbonyl (C=O) groups excluding carboxylic acids is 1. The lowest BCUT2D eigenvalue weighted by Crippen LogP contribution is -2.55. The van der Waals surface area contributed by atoms with Crippen molar-refractivity contribution in [1.82, 2.24) is 15.1 Å². The third-order valence-electron chi connectivity index (χ3n) is 6.73. The Morgan fingerprint density at radius 2 is 2.03 bits per heavy atom. The van der Waals surface area contributed by atoms with E-state index in [0.717, 1.165) is 55.6 Å². The Bertz CT molecular complexity index is 751. The SMILES string of the molecule is CN=C(NCc1cccc(OCC(N)=O)c1)N1CCN(C2CC3CCC2C3)CC1.I. The minimum Gasteiger partial charge on any atom is -0.484 e. The number of guanidine groups is 1. The molecule has 1 amide bonds. The first-order valence-electron chi connectivity index (χ1n) is 10.8. The molecule has 1 heterocycles. The van der Waals surface area contributed by atoms with E-state index in [1.807, 2.05) is 31.3 Å². The minimum absolute atomic E-state index is 0. The fourth-order valence-electron chi connectivity index (χ4n) is 5.34. The summed E-state index contributed by atoms with van der Waals surface area (Å²) in [5.74, 6) is 3.07. The third-order valence-corrected chi connectivity index (χ3v) is 6.73. The molecule has 2 bridgehead atoms. The van der Waals surface area contributed by atoms with Gasteiger partial charge in [-0.25, -0.2) is 0 Å². The smallest absolute Gasteiger partial charge is 0.255 e. The highest BCUT2D eigenvalue weighted by Crippen LogP contribution is 2.46. The summed E-state index contributed by atoms with van der Waals surface area (Å²) in [6, 6.07) is 8.54. The summed E-state index contributed by atoms with van der Waals surface area (Å²) in [6.45, 7) is 4.86. The summed E-state index contributed by atoms with van der Waals surface area (Å²) in [5, 5.41) is 3.47. The molecule has 4 rings (SSSR count). The van der Waals surface area contributed by atoms with Crippen LogP contribution in [0.15, 0.2) is 29.3 Å². The van der Waals surface area contributed by atoms with Gasteiger partial charge < -0.3 is 20.7 Å². The van der Waals surface area contributed by atoms with E-state index in [1.165, 1.54) is 25.7 Å². The van der Waals surface area contributed by atoms with Crippen molar-refractivity contribution in [3.05, 3.63) is 29.8 Å². The van der Waals surface area contributed by atoms with Crippen molar-refractivity contribution in [2.24, 2.45) is 22.6 Å². The van der Waals surface area contributed by atoms with Crippen LogP contribution in [-0.2, 0) is 11.3 Å². The summed E-state index contributed by atoms with van der Waals surface area (Å²) >= 11 is 0. The molecule has 0 spiro atoms. The summed E-state index contributed by atoms with van der Waals surface area (Å²) in [5.41, 5.74) is 6.22. The first-order valence-corrected chi connectivity index (χ1v) is 10.8. The van der Waals surface area contributed by atoms with E-state index in [9.17, 15) is 4.79 Å². The molecule has 3 unspecified atom stereocenters. The number of halogens is 1. The number of amides is 1. The van der Waals surface area contributed by atoms with E-state index < -0.39 is 5.91 Å². The van der Waals surface area contributed by atoms with Crippen molar-refractivity contribution < 1.29 is 9.53 Å². The Balaban J connectivity index is 0.00000256. The van der Waals surface area contributed by atoms with Crippen LogP contribution in [0.4, 0.5) is 0 Å². The molecular weight excluding hydrogens is 493 g/mol. The van der Waals surface area contributed by atoms with Gasteiger partial charge in [0.15, 0.2) is 12.6 Å². The van der Waals surface area contributed by atoms with Crippen LogP contribution in [0.5, 0.6) is 5.75 Å². The standard InChI is InChI=1S/C22H33N5O2.HI/c1-24-22(25-14-17-3-2-4-19(12-17)29-15-21(23)28)27-9-7-26(8-10-27)20-13-16-5-6-18(20)11-16;/h2-4,12,16,18,20H,5-11,13-15H2,1H3,(H2,23,28)(H,24,25);1H. The number of benzene rings is 1. The summed E-state index contributed by atoms with van der Waals surface area (Å²) in [4.78, 5) is 20.5. The maximum atomic E-state index is 10.9. The van der Waals surface area contributed by atoms with Crippen molar-refractivity contribution in [3.63, 3.8) is 0 Å². The molecule has 1 aliphatic heterocycles. The second-order valence-corrected chi connectivity index (χ2v) is 8.57. The Morgan fingerprint density at radius 3 is 2.67 bits per heavy atom. The van der Waals surface area contributed by atoms with Gasteiger partial charge in [0.1, 0.15) is 5.75 Å². The number of aliphatic imine (C=N–C) groups is 1. The molecule has 3 atom stereocenters. The zero-order valence-electron chi connectivity index (χ0n) is 17.8. The molecule has 7 nitrogen and oxygen atoms in total. The molecular formula is C22H34IN5O2. The first kappa shape index (κ1) is 23.1. The van der Waals surface area contributed by atoms with Crippen LogP contribution in [0.1, 0.15) is 31.2 Å². The van der Waals surface area contributed by atoms with E-state index in [0.29, 0.717) is 12.3 Å². The first-order chi connectivity index (χ1) is 14.1. The van der Waals surface area contributed by atoms with Gasteiger partial charge in [-0.05, 0) is 48.8 Å². The Morgan fingerprint density at radius 1 is 1.23 bits per heavy atom. The highest BCUT2D eigenvalue weighted by molar-refractivity contribution is 14.0. The maximum Gasteiger partial charge on any atom is 0.255 e. The number of primary amides is 1. The molecule has 2 saturated carbocycles. The molecule has 8 heteroatoms. The molecule has 0 radical (unpaired) electrons. The molecule has 30 heavy (non-hydrogen) atoms. The Labute approximate surface area is 196 Å². The summed E-state index contributed by atoms with van der Waals surface area (Å²) in [7, 11) is 1.84. The number of nitrogens with one attached hydrogen (secondary N) is 1. The quantitative estimate of drug-likeness (QED) is 0.336. The average molecular weight is 527 g/mol. The lowest BCUT2D eigenvalue weighted by molar-refractivity contribution is -0.119. The van der Waals surface area contributed by atoms with Gasteiger partial charge in [-0.3, -0.25) is 14.7 Å². The van der Waals surface area contributed by atoms with E-state index in [2.05, 4.69) is 20.1 Å². The largest absolute Gasteiger partial charge is 0.484 e. The van der Waals surface area contributed by atoms with Crippen LogP contribution in [0.2, 0.25) is 0 Å². The molecule has 1 saturated heterocycles. The molecule has 166 valence electrons. The van der Waals surface area contributed by atoms with Crippen molar-refractivity contribution >= 4 is 35.8 Å². The van der Waals surface area contributed by atoms with Crippen molar-refractivity contribution in [3.8, 4) is 5.75 Å². The van der Waals surface area contributed by atoms with Crippen LogP contribution >= 0.6 is 24.0 Å². The van der Waals surface area contributed by atoms with Crippen LogP contribution in [0.3, 0.4) is 0 Å². The van der Waals surface area contributed by atoms with Gasteiger partial charge in [0.2, 0.25) is 0 Å². The molecule has 0 aromatic heterocycles. The number of rotatable bonds is 6. The number of ether oxygens (including phenoxy) is 1. The zero-order chi connectivity index (χ0) is 20.2. The van der Waals surface area contributed by atoms with Crippen LogP contribution in [0, 0.1) is 11.8 Å². The van der Waals surface area contributed by atoms with Gasteiger partial charge >= 0.3 is 0 Å². The number of hydrogen-bond acceptors (Lipinski definition) is 4. The van der Waals surface area contributed by atoms with Gasteiger partial charge in [-0.15, -0.1) is 24.0 Å². The topological polar surface area (TPSA) is 83.2 Å². The van der Waals surface area contributed by atoms with Gasteiger partial charge in [-0.2, -0.15) is 0 Å². The highest BCUT2D eigenvalue weighted by Gasteiger charge is 2.42. The minimum atomic E-state index is -0.474. The van der Waals surface area contributed by atoms with Crippen molar-refractivity contribution in [2.75, 3.05) is 39.8 Å². The number of hydrogen-bond donors (Lipinski definition) is 2. The second kappa shape index (κ2) is 10.7. The van der Waals surface area contributed by atoms with Gasteiger partial charge in [-0.1, -0.05) is 18.6 Å². The Kier molecular flexibility index (Phi) is 8.21. The number of nitrogens with zero attached hydrogens (tertiary/aromatic N) is 3. The van der Waals surface area contributed by atoms with Gasteiger partial charge in [0.05, 0.1) is 0 Å². The van der Waals surface area contributed by atoms with Gasteiger partial charge in [0, 0.05) is 45.8 Å². The van der Waals surface area contributed by atoms with Crippen LogP contribution < -0.4 is 15.8 Å². The molecule has 1 aromatic rings. The summed E-state index contributed by atoms with van der Waals surface area (Å²) in [6.07, 6.45) is 5.80. The van der Waals surface area contributed by atoms with Crippen LogP contribution in [0.25, 0.3) is 0 Å². The lowest BCUT2D eigenvalue weighted by Gasteiger charge is -2.42. The second-order valence-electron chi connectivity index (χ2n) is 8.57. The number of fused-ring (bicyclic) bond motifs is 2. The van der Waals surface area contributed by atoms with E-state index in [-0.39, 0.29) is 30.6 Å². The van der Waals surface area contributed by atoms with Gasteiger partial charge in [0.25, 0.3) is 5.91 Å². The van der Waals surface area contributed by atoms with Crippen molar-refractivity contribution in [2.45, 2.75) is 38.3 Å². The zero-order valence-corrected chi connectivity index (χ0v) is 20.1. The summed E-state index contributed by atoms with van der Waals surface area (Å²) < 4.78 is 5.39. The van der Waals surface area contributed by atoms with Crippen LogP contribution in [-0.4, -0.2) is 67.5 Å². The predicted molar refractivity (Wildman–Crippen MR) is 129 cm³/mol. The number of piperazine rings is 1. The number of carbonyl (C=O) groups is 1. The Hall–Kier alpha value is -1.55. The fraction of sp³-hybridized carbons (Fsp3) is 0.636. The maximum absolute atomic E-state index is 10.9. The normalized spacial score (nSPS) is 26.4. The molecule has 3 N–H and O–H groups in total. The van der Waals surface area contributed by atoms with Crippen molar-refractivity contribution in [1.29, 1.82) is 0 Å². The monoisotopic (exact) mass is 527 g/mol. The lowest BCUT2D eigenvalue weighted by atomic mass is 9.93. The fourth-order valence-corrected chi connectivity index (χ4v) is 5.34. The number of nitrogens with two attached hydrogens (primary N) is 1. The van der Waals surface area contributed by atoms with E-state index in [4.69, 9.17) is 10.5 Å². The third kappa shape index (κ3) is 5.57. The average Bonchev–Trinajstić information content (AvgIpc) is 3.37. The molecule has 3 fully saturated rings. The van der Waals surface area contributed by atoms with E-state index >= 15 is 0 Å². The molecule has 1 aromatic carbocycles. The highest BCUT2D eigenvalue weighted by atomic mass is 127. The molecule has 2 aliphatic carbocycles. The molecule has 3 aliphatic rings. The van der Waals surface area contributed by atoms with E-state index in [1.54, 1.807) is 0 Å². The predicted octanol–water partition coefficient (Wildman–Crippen LogP) is 2.05.